The van der Waals surface area contributed by atoms with Gasteiger partial charge < -0.3 is 4.74 Å². The van der Waals surface area contributed by atoms with Gasteiger partial charge in [0, 0.05) is 6.42 Å². The van der Waals surface area contributed by atoms with Crippen molar-refractivity contribution < 1.29 is 9.53 Å². The summed E-state index contributed by atoms with van der Waals surface area (Å²) in [6, 6.07) is 0. The lowest BCUT2D eigenvalue weighted by Crippen LogP contribution is -2.05. The summed E-state index contributed by atoms with van der Waals surface area (Å²) in [6.45, 7) is 9.16. The lowest BCUT2D eigenvalue weighted by atomic mass is 10.2. The molecule has 0 radical (unpaired) electrons. The first kappa shape index (κ1) is 18.3. The molecule has 16 heavy (non-hydrogen) atoms. The van der Waals surface area contributed by atoms with Gasteiger partial charge in [-0.1, -0.05) is 39.5 Å². The minimum absolute atomic E-state index is 0.0236. The third-order valence-corrected chi connectivity index (χ3v) is 2.00. The second-order valence-corrected chi connectivity index (χ2v) is 4.88. The minimum atomic E-state index is -0.0236. The van der Waals surface area contributed by atoms with E-state index in [0.29, 0.717) is 13.0 Å². The van der Waals surface area contributed by atoms with Gasteiger partial charge in [0.05, 0.1) is 6.61 Å². The molecule has 0 amide bonds. The van der Waals surface area contributed by atoms with E-state index in [2.05, 4.69) is 27.2 Å². The van der Waals surface area contributed by atoms with Crippen LogP contribution < -0.4 is 0 Å². The summed E-state index contributed by atoms with van der Waals surface area (Å²) in [5.41, 5.74) is 0. The highest BCUT2D eigenvalue weighted by Gasteiger charge is 2.00. The van der Waals surface area contributed by atoms with Gasteiger partial charge in [0.15, 0.2) is 0 Å². The van der Waals surface area contributed by atoms with Crippen LogP contribution in [0.3, 0.4) is 0 Å². The van der Waals surface area contributed by atoms with Crippen LogP contribution in [0.5, 0.6) is 0 Å². The molecule has 0 N–H and O–H groups in total. The van der Waals surface area contributed by atoms with Crippen LogP contribution >= 0.6 is 8.58 Å². The third-order valence-electron chi connectivity index (χ3n) is 2.00. The van der Waals surface area contributed by atoms with Crippen molar-refractivity contribution in [1.29, 1.82) is 0 Å². The Bertz CT molecular complexity index is 138. The Labute approximate surface area is 103 Å². The molecule has 0 aromatic carbocycles. The Morgan fingerprint density at radius 3 is 2.06 bits per heavy atom. The number of esters is 1. The summed E-state index contributed by atoms with van der Waals surface area (Å²) in [7, 11) is 1.08. The standard InChI is InChI=1S/C11H22O2.C2H7P/c1-3-5-7-8-9-11(12)13-10-6-4-2;1-3-2/h3-10H2,1-2H3;3H,1-2H3. The molecular weight excluding hydrogens is 219 g/mol. The predicted molar refractivity (Wildman–Crippen MR) is 74.8 cm³/mol. The van der Waals surface area contributed by atoms with Crippen molar-refractivity contribution in [1.82, 2.24) is 0 Å². The molecule has 0 spiro atoms. The van der Waals surface area contributed by atoms with E-state index in [1.807, 2.05) is 0 Å². The van der Waals surface area contributed by atoms with Crippen LogP contribution in [0.25, 0.3) is 0 Å². The number of rotatable bonds is 8. The zero-order valence-corrected chi connectivity index (χ0v) is 12.5. The van der Waals surface area contributed by atoms with Gasteiger partial charge in [-0.25, -0.2) is 0 Å². The van der Waals surface area contributed by atoms with Crippen molar-refractivity contribution >= 4 is 14.6 Å². The summed E-state index contributed by atoms with van der Waals surface area (Å²) >= 11 is 0. The van der Waals surface area contributed by atoms with Crippen molar-refractivity contribution in [3.05, 3.63) is 0 Å². The molecule has 0 aromatic rings. The molecule has 0 heterocycles. The first-order chi connectivity index (χ1) is 7.72. The topological polar surface area (TPSA) is 26.3 Å². The molecule has 3 heteroatoms. The van der Waals surface area contributed by atoms with Crippen LogP contribution in [-0.2, 0) is 9.53 Å². The van der Waals surface area contributed by atoms with Crippen LogP contribution in [0.15, 0.2) is 0 Å². The van der Waals surface area contributed by atoms with Gasteiger partial charge in [0.1, 0.15) is 0 Å². The van der Waals surface area contributed by atoms with Crippen molar-refractivity contribution in [3.8, 4) is 0 Å². The molecular formula is C13H29O2P. The average molecular weight is 248 g/mol. The molecule has 0 aliphatic carbocycles. The zero-order chi connectivity index (χ0) is 12.6. The van der Waals surface area contributed by atoms with Gasteiger partial charge >= 0.3 is 5.97 Å². The van der Waals surface area contributed by atoms with Crippen LogP contribution in [0.1, 0.15) is 58.8 Å². The summed E-state index contributed by atoms with van der Waals surface area (Å²) in [5.74, 6) is -0.0236. The molecule has 0 bridgehead atoms. The molecule has 2 nitrogen and oxygen atoms in total. The number of hydrogen-bond acceptors (Lipinski definition) is 2. The molecule has 0 atom stereocenters. The second-order valence-electron chi connectivity index (χ2n) is 3.88. The van der Waals surface area contributed by atoms with Crippen LogP contribution in [0, 0.1) is 0 Å². The highest BCUT2D eigenvalue weighted by molar-refractivity contribution is 7.35. The molecule has 0 aliphatic rings. The largest absolute Gasteiger partial charge is 0.466 e. The third kappa shape index (κ3) is 19.5. The maximum Gasteiger partial charge on any atom is 0.305 e. The molecule has 0 saturated carbocycles. The van der Waals surface area contributed by atoms with E-state index in [9.17, 15) is 4.79 Å². The highest BCUT2D eigenvalue weighted by Crippen LogP contribution is 2.03. The molecule has 0 fully saturated rings. The van der Waals surface area contributed by atoms with Gasteiger partial charge in [0.25, 0.3) is 0 Å². The Morgan fingerprint density at radius 2 is 1.56 bits per heavy atom. The first-order valence-corrected chi connectivity index (χ1v) is 8.46. The fraction of sp³-hybridized carbons (Fsp3) is 0.923. The van der Waals surface area contributed by atoms with Gasteiger partial charge in [0.2, 0.25) is 0 Å². The molecule has 0 aromatic heterocycles. The number of unbranched alkanes of at least 4 members (excludes halogenated alkanes) is 4. The van der Waals surface area contributed by atoms with Gasteiger partial charge in [-0.05, 0) is 26.2 Å². The quantitative estimate of drug-likeness (QED) is 0.365. The maximum absolute atomic E-state index is 11.1. The van der Waals surface area contributed by atoms with Gasteiger partial charge in [-0.15, -0.1) is 8.58 Å². The van der Waals surface area contributed by atoms with E-state index >= 15 is 0 Å². The highest BCUT2D eigenvalue weighted by atomic mass is 31.1. The van der Waals surface area contributed by atoms with E-state index < -0.39 is 0 Å². The van der Waals surface area contributed by atoms with E-state index in [1.165, 1.54) is 12.8 Å². The summed E-state index contributed by atoms with van der Waals surface area (Å²) < 4.78 is 5.02. The van der Waals surface area contributed by atoms with Crippen molar-refractivity contribution in [2.24, 2.45) is 0 Å². The van der Waals surface area contributed by atoms with Crippen molar-refractivity contribution in [3.63, 3.8) is 0 Å². The van der Waals surface area contributed by atoms with Crippen LogP contribution in [0.4, 0.5) is 0 Å². The van der Waals surface area contributed by atoms with E-state index in [4.69, 9.17) is 4.74 Å². The van der Waals surface area contributed by atoms with Crippen LogP contribution in [-0.4, -0.2) is 25.9 Å². The predicted octanol–water partition coefficient (Wildman–Crippen LogP) is 4.22. The smallest absolute Gasteiger partial charge is 0.305 e. The second kappa shape index (κ2) is 17.3. The Balaban J connectivity index is 0. The fourth-order valence-electron chi connectivity index (χ4n) is 1.10. The number of carbonyl (C=O) groups excluding carboxylic acids is 1. The summed E-state index contributed by atoms with van der Waals surface area (Å²) in [6.07, 6.45) is 7.25. The molecule has 0 aliphatic heterocycles. The molecule has 0 unspecified atom stereocenters. The first-order valence-electron chi connectivity index (χ1n) is 6.46. The number of hydrogen-bond donors (Lipinski definition) is 0. The van der Waals surface area contributed by atoms with Gasteiger partial charge in [-0.3, -0.25) is 4.79 Å². The lowest BCUT2D eigenvalue weighted by molar-refractivity contribution is -0.143. The van der Waals surface area contributed by atoms with E-state index in [0.717, 1.165) is 34.3 Å². The van der Waals surface area contributed by atoms with Crippen molar-refractivity contribution in [2.45, 2.75) is 58.8 Å². The SMILES string of the molecule is CCCCCCC(=O)OCCCC.CPC. The number of carbonyl (C=O) groups is 1. The van der Waals surface area contributed by atoms with Crippen LogP contribution in [0.2, 0.25) is 0 Å². The monoisotopic (exact) mass is 248 g/mol. The Morgan fingerprint density at radius 1 is 1.00 bits per heavy atom. The minimum Gasteiger partial charge on any atom is -0.466 e. The number of ether oxygens (including phenoxy) is 1. The average Bonchev–Trinajstić information content (AvgIpc) is 2.26. The normalized spacial score (nSPS) is 9.25. The summed E-state index contributed by atoms with van der Waals surface area (Å²) in [5, 5.41) is 0. The van der Waals surface area contributed by atoms with Gasteiger partial charge in [-0.2, -0.15) is 0 Å². The lowest BCUT2D eigenvalue weighted by Gasteiger charge is -2.02. The maximum atomic E-state index is 11.1. The molecule has 0 saturated heterocycles. The van der Waals surface area contributed by atoms with Crippen molar-refractivity contribution in [2.75, 3.05) is 19.9 Å². The summed E-state index contributed by atoms with van der Waals surface area (Å²) in [4.78, 5) is 11.1. The Kier molecular flexibility index (Phi) is 19.8. The molecule has 0 rings (SSSR count). The Hall–Kier alpha value is -0.100. The zero-order valence-electron chi connectivity index (χ0n) is 11.5. The molecule has 98 valence electrons. The van der Waals surface area contributed by atoms with E-state index in [1.54, 1.807) is 0 Å². The van der Waals surface area contributed by atoms with E-state index in [-0.39, 0.29) is 5.97 Å². The fourth-order valence-corrected chi connectivity index (χ4v) is 1.10.